The Balaban J connectivity index is 1.23. The molecule has 0 bridgehead atoms. The van der Waals surface area contributed by atoms with E-state index in [4.69, 9.17) is 4.74 Å². The van der Waals surface area contributed by atoms with Gasteiger partial charge in [0.25, 0.3) is 5.91 Å². The van der Waals surface area contributed by atoms with Gasteiger partial charge in [0.1, 0.15) is 11.5 Å². The van der Waals surface area contributed by atoms with E-state index in [1.54, 1.807) is 29.2 Å². The summed E-state index contributed by atoms with van der Waals surface area (Å²) in [4.78, 5) is 27.0. The highest BCUT2D eigenvalue weighted by atomic mass is 19.1. The molecule has 3 aliphatic rings. The Bertz CT molecular complexity index is 1000. The third kappa shape index (κ3) is 3.33. The number of para-hydroxylation sites is 1. The summed E-state index contributed by atoms with van der Waals surface area (Å²) in [6.07, 6.45) is 2.10. The van der Waals surface area contributed by atoms with Gasteiger partial charge in [0.15, 0.2) is 0 Å². The van der Waals surface area contributed by atoms with Crippen molar-refractivity contribution in [1.29, 1.82) is 0 Å². The fourth-order valence-corrected chi connectivity index (χ4v) is 4.85. The molecule has 5 rings (SSSR count). The van der Waals surface area contributed by atoms with Crippen molar-refractivity contribution in [2.45, 2.75) is 36.9 Å². The molecule has 2 aromatic carbocycles. The Morgan fingerprint density at radius 3 is 2.60 bits per heavy atom. The van der Waals surface area contributed by atoms with Crippen molar-refractivity contribution in [2.75, 3.05) is 25.0 Å². The Labute approximate surface area is 174 Å². The van der Waals surface area contributed by atoms with Crippen LogP contribution in [-0.4, -0.2) is 47.7 Å². The molecule has 0 radical (unpaired) electrons. The smallest absolute Gasteiger partial charge is 0.255 e. The molecule has 3 aliphatic heterocycles. The predicted molar refractivity (Wildman–Crippen MR) is 109 cm³/mol. The molecule has 2 saturated heterocycles. The van der Waals surface area contributed by atoms with Crippen molar-refractivity contribution in [3.8, 4) is 0 Å². The zero-order chi connectivity index (χ0) is 20.8. The first-order valence-corrected chi connectivity index (χ1v) is 10.3. The van der Waals surface area contributed by atoms with E-state index < -0.39 is 5.66 Å². The lowest BCUT2D eigenvalue weighted by molar-refractivity contribution is -0.135. The van der Waals surface area contributed by atoms with Crippen LogP contribution < -0.4 is 10.6 Å². The van der Waals surface area contributed by atoms with E-state index in [0.717, 1.165) is 5.69 Å². The summed E-state index contributed by atoms with van der Waals surface area (Å²) in [7, 11) is 0. The van der Waals surface area contributed by atoms with Gasteiger partial charge in [-0.15, -0.1) is 0 Å². The van der Waals surface area contributed by atoms with E-state index in [9.17, 15) is 14.0 Å². The first kappa shape index (κ1) is 19.1. The number of hydrogen-bond acceptors (Lipinski definition) is 4. The number of ether oxygens (including phenoxy) is 1. The first-order valence-electron chi connectivity index (χ1n) is 10.3. The molecule has 0 saturated carbocycles. The molecule has 156 valence electrons. The fraction of sp³-hybridized carbons (Fsp3) is 0.391. The summed E-state index contributed by atoms with van der Waals surface area (Å²) < 4.78 is 20.1. The maximum atomic E-state index is 13.9. The summed E-state index contributed by atoms with van der Waals surface area (Å²) >= 11 is 0. The Kier molecular flexibility index (Phi) is 4.50. The highest BCUT2D eigenvalue weighted by molar-refractivity contribution is 6.02. The molecule has 7 heteroatoms. The number of hydrogen-bond donors (Lipinski definition) is 2. The van der Waals surface area contributed by atoms with Crippen LogP contribution >= 0.6 is 0 Å². The number of amides is 2. The van der Waals surface area contributed by atoms with Crippen LogP contribution in [-0.2, 0) is 16.0 Å². The van der Waals surface area contributed by atoms with E-state index in [1.807, 2.05) is 18.2 Å². The van der Waals surface area contributed by atoms with Gasteiger partial charge >= 0.3 is 0 Å². The van der Waals surface area contributed by atoms with E-state index in [0.29, 0.717) is 50.1 Å². The van der Waals surface area contributed by atoms with E-state index in [1.165, 1.54) is 6.07 Å². The first-order chi connectivity index (χ1) is 14.5. The van der Waals surface area contributed by atoms with Crippen molar-refractivity contribution in [3.63, 3.8) is 0 Å². The Morgan fingerprint density at radius 1 is 1.07 bits per heavy atom. The van der Waals surface area contributed by atoms with Crippen molar-refractivity contribution in [2.24, 2.45) is 0 Å². The lowest BCUT2D eigenvalue weighted by Crippen LogP contribution is -2.59. The maximum absolute atomic E-state index is 13.9. The molecule has 0 aliphatic carbocycles. The predicted octanol–water partition coefficient (Wildman–Crippen LogP) is 2.70. The number of halogens is 1. The molecule has 2 fully saturated rings. The van der Waals surface area contributed by atoms with Crippen LogP contribution in [0.15, 0.2) is 48.5 Å². The number of fused-ring (bicyclic) bond motifs is 1. The Hall–Kier alpha value is -2.93. The van der Waals surface area contributed by atoms with E-state index in [-0.39, 0.29) is 29.7 Å². The van der Waals surface area contributed by atoms with Crippen LogP contribution in [0.5, 0.6) is 0 Å². The Morgan fingerprint density at radius 2 is 1.80 bits per heavy atom. The molecule has 1 unspecified atom stereocenters. The number of nitrogens with zero attached hydrogens (tertiary/aromatic N) is 1. The molecule has 2 aromatic rings. The van der Waals surface area contributed by atoms with Crippen LogP contribution in [0, 0.1) is 5.82 Å². The van der Waals surface area contributed by atoms with Crippen LogP contribution in [0.25, 0.3) is 0 Å². The standard InChI is InChI=1S/C23H24FN3O3/c24-18-7-3-1-5-16(18)13-20(28)27-11-9-22(10-12-27)14-23(15-30-22)25-19-8-4-2-6-17(19)21(29)26-23/h1-8,25H,9-15H2,(H,26,29). The normalized spacial score (nSPS) is 24.4. The molecule has 2 spiro atoms. The van der Waals surface area contributed by atoms with Gasteiger partial charge in [0.05, 0.1) is 24.2 Å². The molecule has 30 heavy (non-hydrogen) atoms. The zero-order valence-electron chi connectivity index (χ0n) is 16.6. The van der Waals surface area contributed by atoms with Crippen LogP contribution in [0.3, 0.4) is 0 Å². The lowest BCUT2D eigenvalue weighted by atomic mass is 9.84. The SMILES string of the molecule is O=C1NC2(COC3(CCN(C(=O)Cc4ccccc4F)CC3)C2)Nc2ccccc21. The molecule has 6 nitrogen and oxygen atoms in total. The van der Waals surface area contributed by atoms with Crippen LogP contribution in [0.2, 0.25) is 0 Å². The third-order valence-corrected chi connectivity index (χ3v) is 6.47. The number of carbonyl (C=O) groups excluding carboxylic acids is 2. The second kappa shape index (κ2) is 7.09. The van der Waals surface area contributed by atoms with Gasteiger partial charge in [0, 0.05) is 25.2 Å². The zero-order valence-corrected chi connectivity index (χ0v) is 16.6. The number of benzene rings is 2. The second-order valence-electron chi connectivity index (χ2n) is 8.50. The molecular weight excluding hydrogens is 385 g/mol. The summed E-state index contributed by atoms with van der Waals surface area (Å²) in [6.45, 7) is 1.51. The summed E-state index contributed by atoms with van der Waals surface area (Å²) in [5.74, 6) is -0.511. The van der Waals surface area contributed by atoms with Crippen LogP contribution in [0.1, 0.15) is 35.2 Å². The van der Waals surface area contributed by atoms with Gasteiger partial charge in [-0.3, -0.25) is 9.59 Å². The summed E-state index contributed by atoms with van der Waals surface area (Å²) in [6, 6.07) is 13.9. The van der Waals surface area contributed by atoms with Gasteiger partial charge in [-0.25, -0.2) is 4.39 Å². The van der Waals surface area contributed by atoms with Crippen molar-refractivity contribution < 1.29 is 18.7 Å². The van der Waals surface area contributed by atoms with Gasteiger partial charge < -0.3 is 20.3 Å². The highest BCUT2D eigenvalue weighted by Crippen LogP contribution is 2.42. The quantitative estimate of drug-likeness (QED) is 0.800. The summed E-state index contributed by atoms with van der Waals surface area (Å²) in [5, 5.41) is 6.56. The van der Waals surface area contributed by atoms with E-state index >= 15 is 0 Å². The van der Waals surface area contributed by atoms with Crippen molar-refractivity contribution in [1.82, 2.24) is 10.2 Å². The highest BCUT2D eigenvalue weighted by Gasteiger charge is 2.53. The van der Waals surface area contributed by atoms with Crippen molar-refractivity contribution >= 4 is 17.5 Å². The maximum Gasteiger partial charge on any atom is 0.255 e. The third-order valence-electron chi connectivity index (χ3n) is 6.47. The lowest BCUT2D eigenvalue weighted by Gasteiger charge is -2.41. The number of rotatable bonds is 2. The number of likely N-dealkylation sites (tertiary alicyclic amines) is 1. The fourth-order valence-electron chi connectivity index (χ4n) is 4.85. The topological polar surface area (TPSA) is 70.7 Å². The van der Waals surface area contributed by atoms with Gasteiger partial charge in [-0.05, 0) is 36.6 Å². The molecule has 0 aromatic heterocycles. The van der Waals surface area contributed by atoms with Gasteiger partial charge in [0.2, 0.25) is 5.91 Å². The average Bonchev–Trinajstić information content (AvgIpc) is 3.07. The van der Waals surface area contributed by atoms with Crippen molar-refractivity contribution in [3.05, 3.63) is 65.5 Å². The van der Waals surface area contributed by atoms with Crippen LogP contribution in [0.4, 0.5) is 10.1 Å². The second-order valence-corrected chi connectivity index (χ2v) is 8.50. The molecular formula is C23H24FN3O3. The minimum atomic E-state index is -0.620. The number of anilines is 1. The largest absolute Gasteiger partial charge is 0.370 e. The molecule has 1 atom stereocenters. The number of carbonyl (C=O) groups is 2. The molecule has 3 heterocycles. The minimum absolute atomic E-state index is 0.0683. The average molecular weight is 409 g/mol. The van der Waals surface area contributed by atoms with Gasteiger partial charge in [-0.2, -0.15) is 0 Å². The van der Waals surface area contributed by atoms with Gasteiger partial charge in [-0.1, -0.05) is 30.3 Å². The number of piperidine rings is 1. The molecule has 2 N–H and O–H groups in total. The summed E-state index contributed by atoms with van der Waals surface area (Å²) in [5.41, 5.74) is 0.884. The molecule has 2 amide bonds. The minimum Gasteiger partial charge on any atom is -0.370 e. The van der Waals surface area contributed by atoms with E-state index in [2.05, 4.69) is 10.6 Å². The monoisotopic (exact) mass is 409 g/mol. The number of nitrogens with one attached hydrogen (secondary N) is 2.